The lowest BCUT2D eigenvalue weighted by Gasteiger charge is -2.30. The summed E-state index contributed by atoms with van der Waals surface area (Å²) < 4.78 is 47.1. The lowest BCUT2D eigenvalue weighted by atomic mass is 10.0. The highest BCUT2D eigenvalue weighted by Gasteiger charge is 2.29. The van der Waals surface area contributed by atoms with E-state index in [2.05, 4.69) is 4.99 Å². The second kappa shape index (κ2) is 11.0. The molecule has 0 spiro atoms. The molecule has 1 amide bonds. The van der Waals surface area contributed by atoms with Crippen LogP contribution >= 0.6 is 11.3 Å². The van der Waals surface area contributed by atoms with Crippen LogP contribution in [0.5, 0.6) is 11.5 Å². The van der Waals surface area contributed by atoms with Crippen LogP contribution in [0.4, 0.5) is 5.69 Å². The summed E-state index contributed by atoms with van der Waals surface area (Å²) in [6, 6.07) is 17.0. The predicted octanol–water partition coefficient (Wildman–Crippen LogP) is 4.27. The van der Waals surface area contributed by atoms with E-state index in [1.54, 1.807) is 17.6 Å². The SMILES string of the molecule is CCOC(=O)CCn1c(=NC(=O)c2ccc(S(=O)(=O)N3CCCc4ccccc43)cc2)sc2cc3c(cc21)OCO3. The Bertz CT molecular complexity index is 1830. The molecule has 0 unspecified atom stereocenters. The number of carbonyl (C=O) groups excluding carboxylic acids is 2. The molecule has 0 N–H and O–H groups in total. The number of sulfonamides is 1. The number of benzene rings is 3. The van der Waals surface area contributed by atoms with E-state index in [-0.39, 0.29) is 42.8 Å². The first-order chi connectivity index (χ1) is 19.8. The second-order valence-corrected chi connectivity index (χ2v) is 12.4. The van der Waals surface area contributed by atoms with Crippen LogP contribution < -0.4 is 18.6 Å². The zero-order valence-electron chi connectivity index (χ0n) is 22.2. The van der Waals surface area contributed by atoms with Crippen LogP contribution in [0.2, 0.25) is 0 Å². The molecular formula is C29H27N3O7S2. The van der Waals surface area contributed by atoms with E-state index >= 15 is 0 Å². The fraction of sp³-hybridized carbons (Fsp3) is 0.276. The molecule has 212 valence electrons. The van der Waals surface area contributed by atoms with Gasteiger partial charge in [0.15, 0.2) is 16.3 Å². The van der Waals surface area contributed by atoms with Crippen molar-refractivity contribution in [1.29, 1.82) is 0 Å². The van der Waals surface area contributed by atoms with E-state index in [4.69, 9.17) is 14.2 Å². The van der Waals surface area contributed by atoms with Gasteiger partial charge in [-0.1, -0.05) is 29.5 Å². The Morgan fingerprint density at radius 2 is 1.80 bits per heavy atom. The van der Waals surface area contributed by atoms with Crippen molar-refractivity contribution in [3.63, 3.8) is 0 Å². The molecule has 2 aliphatic rings. The molecule has 3 aromatic carbocycles. The van der Waals surface area contributed by atoms with Crippen molar-refractivity contribution in [3.05, 3.63) is 76.6 Å². The number of hydrogen-bond acceptors (Lipinski definition) is 8. The minimum atomic E-state index is -3.80. The lowest BCUT2D eigenvalue weighted by Crippen LogP contribution is -2.35. The number of thiazole rings is 1. The van der Waals surface area contributed by atoms with Gasteiger partial charge in [0.25, 0.3) is 15.9 Å². The number of fused-ring (bicyclic) bond motifs is 3. The largest absolute Gasteiger partial charge is 0.466 e. The third-order valence-electron chi connectivity index (χ3n) is 6.98. The number of aromatic nitrogens is 1. The first kappa shape index (κ1) is 27.0. The summed E-state index contributed by atoms with van der Waals surface area (Å²) in [6.45, 7) is 2.79. The molecule has 0 bridgehead atoms. The summed E-state index contributed by atoms with van der Waals surface area (Å²) >= 11 is 1.28. The van der Waals surface area contributed by atoms with Crippen molar-refractivity contribution in [2.75, 3.05) is 24.2 Å². The van der Waals surface area contributed by atoms with Crippen LogP contribution in [0.15, 0.2) is 70.6 Å². The average molecular weight is 594 g/mol. The Kier molecular flexibility index (Phi) is 7.26. The summed E-state index contributed by atoms with van der Waals surface area (Å²) in [4.78, 5) is 30.2. The molecule has 0 aliphatic carbocycles. The number of rotatable bonds is 7. The van der Waals surface area contributed by atoms with Gasteiger partial charge in [-0.3, -0.25) is 13.9 Å². The highest BCUT2D eigenvalue weighted by atomic mass is 32.2. The highest BCUT2D eigenvalue weighted by molar-refractivity contribution is 7.92. The maximum Gasteiger partial charge on any atom is 0.307 e. The Morgan fingerprint density at radius 3 is 2.59 bits per heavy atom. The van der Waals surface area contributed by atoms with Crippen molar-refractivity contribution >= 4 is 49.1 Å². The predicted molar refractivity (Wildman–Crippen MR) is 153 cm³/mol. The molecule has 6 rings (SSSR count). The van der Waals surface area contributed by atoms with E-state index < -0.39 is 15.9 Å². The normalized spacial score (nSPS) is 14.8. The minimum absolute atomic E-state index is 0.0989. The molecule has 10 nitrogen and oxygen atoms in total. The lowest BCUT2D eigenvalue weighted by molar-refractivity contribution is -0.143. The van der Waals surface area contributed by atoms with Gasteiger partial charge < -0.3 is 18.8 Å². The third-order valence-corrected chi connectivity index (χ3v) is 9.84. The van der Waals surface area contributed by atoms with Crippen molar-refractivity contribution in [3.8, 4) is 11.5 Å². The molecule has 0 radical (unpaired) electrons. The average Bonchev–Trinajstić information content (AvgIpc) is 3.57. The number of hydrogen-bond donors (Lipinski definition) is 0. The smallest absolute Gasteiger partial charge is 0.307 e. The summed E-state index contributed by atoms with van der Waals surface area (Å²) in [5.41, 5.74) is 2.67. The number of ether oxygens (including phenoxy) is 3. The Morgan fingerprint density at radius 1 is 1.05 bits per heavy atom. The number of anilines is 1. The van der Waals surface area contributed by atoms with Crippen molar-refractivity contribution in [1.82, 2.24) is 4.57 Å². The first-order valence-electron chi connectivity index (χ1n) is 13.2. The van der Waals surface area contributed by atoms with Crippen LogP contribution in [0.3, 0.4) is 0 Å². The van der Waals surface area contributed by atoms with E-state index in [9.17, 15) is 18.0 Å². The molecule has 1 aromatic heterocycles. The fourth-order valence-electron chi connectivity index (χ4n) is 4.99. The molecule has 12 heteroatoms. The quantitative estimate of drug-likeness (QED) is 0.294. The molecule has 0 saturated carbocycles. The van der Waals surface area contributed by atoms with Crippen LogP contribution in [-0.4, -0.2) is 44.8 Å². The molecule has 4 aromatic rings. The monoisotopic (exact) mass is 593 g/mol. The summed E-state index contributed by atoms with van der Waals surface area (Å²) in [7, 11) is -3.80. The summed E-state index contributed by atoms with van der Waals surface area (Å²) in [5.74, 6) is 0.285. The molecular weight excluding hydrogens is 566 g/mol. The topological polar surface area (TPSA) is 117 Å². The van der Waals surface area contributed by atoms with Crippen molar-refractivity contribution < 1.29 is 32.2 Å². The van der Waals surface area contributed by atoms with Gasteiger partial charge in [-0.25, -0.2) is 8.42 Å². The zero-order valence-corrected chi connectivity index (χ0v) is 23.9. The molecule has 0 atom stereocenters. The van der Waals surface area contributed by atoms with Gasteiger partial charge >= 0.3 is 5.97 Å². The van der Waals surface area contributed by atoms with Gasteiger partial charge in [0, 0.05) is 30.8 Å². The maximum atomic E-state index is 13.5. The van der Waals surface area contributed by atoms with Gasteiger partial charge in [-0.15, -0.1) is 0 Å². The number of para-hydroxylation sites is 1. The van der Waals surface area contributed by atoms with Gasteiger partial charge in [-0.2, -0.15) is 4.99 Å². The Balaban J connectivity index is 1.31. The molecule has 2 aliphatic heterocycles. The van der Waals surface area contributed by atoms with Crippen LogP contribution in [0.1, 0.15) is 35.7 Å². The number of nitrogens with zero attached hydrogens (tertiary/aromatic N) is 3. The van der Waals surface area contributed by atoms with Crippen molar-refractivity contribution in [2.45, 2.75) is 37.6 Å². The third kappa shape index (κ3) is 5.20. The van der Waals surface area contributed by atoms with Gasteiger partial charge in [0.2, 0.25) is 6.79 Å². The maximum absolute atomic E-state index is 13.5. The van der Waals surface area contributed by atoms with Crippen LogP contribution in [0.25, 0.3) is 10.2 Å². The van der Waals surface area contributed by atoms with Gasteiger partial charge in [0.1, 0.15) is 0 Å². The van der Waals surface area contributed by atoms with Crippen molar-refractivity contribution in [2.24, 2.45) is 4.99 Å². The number of esters is 1. The van der Waals surface area contributed by atoms with E-state index in [1.807, 2.05) is 30.3 Å². The number of aryl methyl sites for hydroxylation is 2. The molecule has 0 saturated heterocycles. The Labute approximate surface area is 240 Å². The van der Waals surface area contributed by atoms with Crippen LogP contribution in [0, 0.1) is 0 Å². The highest BCUT2D eigenvalue weighted by Crippen LogP contribution is 2.37. The van der Waals surface area contributed by atoms with E-state index in [0.29, 0.717) is 28.5 Å². The minimum Gasteiger partial charge on any atom is -0.466 e. The summed E-state index contributed by atoms with van der Waals surface area (Å²) in [6.07, 6.45) is 1.66. The van der Waals surface area contributed by atoms with Gasteiger partial charge in [0.05, 0.1) is 33.8 Å². The van der Waals surface area contributed by atoms with Crippen LogP contribution in [-0.2, 0) is 32.5 Å². The standard InChI is InChI=1S/C29H27N3O7S2/c1-2-37-27(33)13-15-31-23-16-24-25(39-18-38-24)17-26(23)40-29(31)30-28(34)20-9-11-21(12-10-20)41(35,36)32-14-5-7-19-6-3-4-8-22(19)32/h3-4,6,8-12,16-17H,2,5,7,13-15,18H2,1H3. The summed E-state index contributed by atoms with van der Waals surface area (Å²) in [5, 5.41) is 0. The number of carbonyl (C=O) groups is 2. The number of amides is 1. The Hall–Kier alpha value is -4.16. The van der Waals surface area contributed by atoms with E-state index in [0.717, 1.165) is 28.6 Å². The first-order valence-corrected chi connectivity index (χ1v) is 15.5. The van der Waals surface area contributed by atoms with Gasteiger partial charge in [-0.05, 0) is 55.7 Å². The second-order valence-electron chi connectivity index (χ2n) is 9.52. The van der Waals surface area contributed by atoms with E-state index in [1.165, 1.54) is 39.9 Å². The fourth-order valence-corrected chi connectivity index (χ4v) is 7.60. The molecule has 3 heterocycles. The molecule has 41 heavy (non-hydrogen) atoms. The zero-order chi connectivity index (χ0) is 28.6. The molecule has 0 fully saturated rings.